The van der Waals surface area contributed by atoms with Gasteiger partial charge in [-0.1, -0.05) is 23.7 Å². The van der Waals surface area contributed by atoms with Crippen molar-refractivity contribution in [2.45, 2.75) is 12.7 Å². The highest BCUT2D eigenvalue weighted by atomic mass is 35.5. The average Bonchev–Trinajstić information content (AvgIpc) is 3.39. The van der Waals surface area contributed by atoms with E-state index >= 15 is 0 Å². The molecule has 6 rings (SSSR count). The van der Waals surface area contributed by atoms with Crippen molar-refractivity contribution in [2.75, 3.05) is 51.0 Å². The number of ether oxygens (including phenoxy) is 1. The first kappa shape index (κ1) is 29.7. The molecule has 0 radical (unpaired) electrons. The lowest BCUT2D eigenvalue weighted by Crippen LogP contribution is -2.44. The van der Waals surface area contributed by atoms with Crippen LogP contribution in [0.15, 0.2) is 66.9 Å². The number of likely N-dealkylation sites (N-methyl/N-ethyl adjacent to an activating group) is 1. The van der Waals surface area contributed by atoms with Gasteiger partial charge in [0.1, 0.15) is 10.9 Å². The molecule has 1 aliphatic rings. The Labute approximate surface area is 256 Å². The fourth-order valence-corrected chi connectivity index (χ4v) is 5.42. The third-order valence-corrected chi connectivity index (χ3v) is 7.87. The largest absolute Gasteiger partial charge is 0.496 e. The first-order valence-corrected chi connectivity index (χ1v) is 14.3. The van der Waals surface area contributed by atoms with E-state index < -0.39 is 17.6 Å². The number of benzene rings is 3. The summed E-state index contributed by atoms with van der Waals surface area (Å²) in [6, 6.07) is 16.2. The third kappa shape index (κ3) is 6.28. The molecule has 1 amide bonds. The van der Waals surface area contributed by atoms with Crippen molar-refractivity contribution in [1.29, 1.82) is 0 Å². The molecular weight excluding hydrogens is 595 g/mol. The predicted octanol–water partition coefficient (Wildman–Crippen LogP) is 6.31. The van der Waals surface area contributed by atoms with Crippen LogP contribution in [0.3, 0.4) is 0 Å². The molecule has 0 atom stereocenters. The van der Waals surface area contributed by atoms with Crippen LogP contribution in [0.25, 0.3) is 16.4 Å². The van der Waals surface area contributed by atoms with E-state index in [1.165, 1.54) is 19.2 Å². The van der Waals surface area contributed by atoms with Gasteiger partial charge in [0.05, 0.1) is 24.4 Å². The minimum atomic E-state index is -4.58. The molecule has 1 fully saturated rings. The normalized spacial score (nSPS) is 14.7. The quantitative estimate of drug-likeness (QED) is 0.220. The van der Waals surface area contributed by atoms with E-state index in [1.54, 1.807) is 35.0 Å². The van der Waals surface area contributed by atoms with Gasteiger partial charge in [0, 0.05) is 44.1 Å². The Hall–Kier alpha value is -4.39. The van der Waals surface area contributed by atoms with Crippen molar-refractivity contribution in [3.8, 4) is 5.75 Å². The van der Waals surface area contributed by atoms with Crippen LogP contribution in [0.1, 0.15) is 21.5 Å². The molecule has 13 heteroatoms. The van der Waals surface area contributed by atoms with Gasteiger partial charge < -0.3 is 20.3 Å². The summed E-state index contributed by atoms with van der Waals surface area (Å²) in [6.07, 6.45) is -2.95. The maximum absolute atomic E-state index is 14.1. The Morgan fingerprint density at radius 1 is 0.977 bits per heavy atom. The molecule has 9 nitrogen and oxygen atoms in total. The summed E-state index contributed by atoms with van der Waals surface area (Å²) >= 11 is 6.05. The summed E-state index contributed by atoms with van der Waals surface area (Å²) < 4.78 is 49.3. The molecule has 3 heterocycles. The third-order valence-electron chi connectivity index (χ3n) is 7.67. The molecule has 0 saturated carbocycles. The predicted molar refractivity (Wildman–Crippen MR) is 164 cm³/mol. The maximum atomic E-state index is 14.1. The summed E-state index contributed by atoms with van der Waals surface area (Å²) in [5.74, 6) is 0.284. The van der Waals surface area contributed by atoms with E-state index in [0.29, 0.717) is 46.5 Å². The first-order valence-electron chi connectivity index (χ1n) is 13.9. The number of nitrogens with one attached hydrogen (secondary N) is 2. The SMILES string of the molecule is COc1cc2ccc(Nc3cnc4ccc(Cl)nn34)cc2cc1C(=O)Nc1ccc(CN2CCN(C)CC2)c(C(F)(F)F)c1. The zero-order valence-electron chi connectivity index (χ0n) is 24.0. The van der Waals surface area contributed by atoms with Crippen LogP contribution >= 0.6 is 11.6 Å². The zero-order chi connectivity index (χ0) is 31.0. The number of methoxy groups -OCH3 is 1. The minimum Gasteiger partial charge on any atom is -0.496 e. The molecule has 0 unspecified atom stereocenters. The van der Waals surface area contributed by atoms with Crippen molar-refractivity contribution in [2.24, 2.45) is 0 Å². The van der Waals surface area contributed by atoms with Gasteiger partial charge >= 0.3 is 6.18 Å². The number of halogens is 4. The van der Waals surface area contributed by atoms with Gasteiger partial charge in [-0.05, 0) is 71.9 Å². The highest BCUT2D eigenvalue weighted by Gasteiger charge is 2.34. The molecule has 2 N–H and O–H groups in total. The molecule has 228 valence electrons. The zero-order valence-corrected chi connectivity index (χ0v) is 24.7. The Kier molecular flexibility index (Phi) is 8.06. The monoisotopic (exact) mass is 623 g/mol. The van der Waals surface area contributed by atoms with Crippen LogP contribution in [0.4, 0.5) is 30.4 Å². The number of rotatable bonds is 7. The van der Waals surface area contributed by atoms with Crippen molar-refractivity contribution in [3.05, 3.63) is 88.7 Å². The number of anilines is 3. The van der Waals surface area contributed by atoms with Gasteiger partial charge in [-0.15, -0.1) is 0 Å². The molecule has 44 heavy (non-hydrogen) atoms. The van der Waals surface area contributed by atoms with Gasteiger partial charge in [0.2, 0.25) is 0 Å². The summed E-state index contributed by atoms with van der Waals surface area (Å²) in [7, 11) is 3.43. The number of fused-ring (bicyclic) bond motifs is 2. The number of hydrogen-bond acceptors (Lipinski definition) is 7. The number of carbonyl (C=O) groups excluding carboxylic acids is 1. The summed E-state index contributed by atoms with van der Waals surface area (Å²) in [5, 5.41) is 12.0. The fraction of sp³-hybridized carbons (Fsp3) is 0.258. The van der Waals surface area contributed by atoms with E-state index in [2.05, 4.69) is 25.6 Å². The number of amides is 1. The second-order valence-electron chi connectivity index (χ2n) is 10.7. The Bertz CT molecular complexity index is 1850. The number of nitrogens with zero attached hydrogens (tertiary/aromatic N) is 5. The van der Waals surface area contributed by atoms with Crippen LogP contribution in [0.2, 0.25) is 5.15 Å². The fourth-order valence-electron chi connectivity index (χ4n) is 5.29. The number of aromatic nitrogens is 3. The van der Waals surface area contributed by atoms with E-state index in [9.17, 15) is 18.0 Å². The van der Waals surface area contributed by atoms with Crippen molar-refractivity contribution < 1.29 is 22.7 Å². The van der Waals surface area contributed by atoms with Crippen molar-refractivity contribution in [1.82, 2.24) is 24.4 Å². The Morgan fingerprint density at radius 3 is 2.50 bits per heavy atom. The van der Waals surface area contributed by atoms with E-state index in [-0.39, 0.29) is 23.4 Å². The average molecular weight is 624 g/mol. The Balaban J connectivity index is 1.26. The second kappa shape index (κ2) is 11.9. The molecule has 0 bridgehead atoms. The molecule has 0 aliphatic carbocycles. The molecule has 0 spiro atoms. The number of imidazole rings is 1. The number of piperazine rings is 1. The lowest BCUT2D eigenvalue weighted by Gasteiger charge is -2.33. The van der Waals surface area contributed by atoms with Crippen LogP contribution in [-0.2, 0) is 12.7 Å². The van der Waals surface area contributed by atoms with Gasteiger partial charge in [-0.2, -0.15) is 22.8 Å². The molecule has 2 aromatic heterocycles. The van der Waals surface area contributed by atoms with E-state index in [0.717, 1.165) is 24.5 Å². The van der Waals surface area contributed by atoms with E-state index in [4.69, 9.17) is 16.3 Å². The summed E-state index contributed by atoms with van der Waals surface area (Å²) in [5.41, 5.74) is 0.937. The first-order chi connectivity index (χ1) is 21.1. The van der Waals surface area contributed by atoms with Crippen LogP contribution in [0, 0.1) is 0 Å². The van der Waals surface area contributed by atoms with Gasteiger partial charge in [-0.3, -0.25) is 9.69 Å². The lowest BCUT2D eigenvalue weighted by atomic mass is 10.0. The smallest absolute Gasteiger partial charge is 0.416 e. The summed E-state index contributed by atoms with van der Waals surface area (Å²) in [4.78, 5) is 21.9. The van der Waals surface area contributed by atoms with Crippen LogP contribution in [0.5, 0.6) is 5.75 Å². The maximum Gasteiger partial charge on any atom is 0.416 e. The van der Waals surface area contributed by atoms with Crippen LogP contribution in [-0.4, -0.2) is 70.6 Å². The minimum absolute atomic E-state index is 0.0424. The number of hydrogen-bond donors (Lipinski definition) is 2. The molecule has 1 saturated heterocycles. The molecule has 5 aromatic rings. The number of alkyl halides is 3. The van der Waals surface area contributed by atoms with Crippen molar-refractivity contribution >= 4 is 51.1 Å². The molecular formula is C31H29ClF3N7O2. The molecule has 3 aromatic carbocycles. The second-order valence-corrected chi connectivity index (χ2v) is 11.1. The highest BCUT2D eigenvalue weighted by Crippen LogP contribution is 2.35. The van der Waals surface area contributed by atoms with Crippen molar-refractivity contribution in [3.63, 3.8) is 0 Å². The van der Waals surface area contributed by atoms with Gasteiger partial charge in [0.15, 0.2) is 11.5 Å². The van der Waals surface area contributed by atoms with E-state index in [1.807, 2.05) is 30.1 Å². The van der Waals surface area contributed by atoms with Gasteiger partial charge in [-0.25, -0.2) is 4.98 Å². The number of carbonyl (C=O) groups is 1. The summed E-state index contributed by atoms with van der Waals surface area (Å²) in [6.45, 7) is 3.16. The van der Waals surface area contributed by atoms with Gasteiger partial charge in [0.25, 0.3) is 5.91 Å². The molecule has 1 aliphatic heterocycles. The highest BCUT2D eigenvalue weighted by molar-refractivity contribution is 6.29. The van der Waals surface area contributed by atoms with Crippen LogP contribution < -0.4 is 15.4 Å². The lowest BCUT2D eigenvalue weighted by molar-refractivity contribution is -0.138. The topological polar surface area (TPSA) is 87.0 Å². The Morgan fingerprint density at radius 2 is 1.75 bits per heavy atom. The standard InChI is InChI=1S/C31H29ClF3N7O2/c1-40-9-11-41(12-10-40)18-20-4-6-23(16-25(20)31(33,34)35)38-30(43)24-14-21-13-22(5-3-19(21)15-26(24)44-2)37-29-17-36-28-8-7-27(32)39-42(28)29/h3-8,13-17,37H,9-12,18H2,1-2H3,(H,38,43).